The van der Waals surface area contributed by atoms with E-state index < -0.39 is 0 Å². The van der Waals surface area contributed by atoms with Gasteiger partial charge in [0.15, 0.2) is 0 Å². The zero-order chi connectivity index (χ0) is 15.4. The predicted octanol–water partition coefficient (Wildman–Crippen LogP) is 4.65. The fourth-order valence-electron chi connectivity index (χ4n) is 2.46. The van der Waals surface area contributed by atoms with E-state index in [-0.39, 0.29) is 6.04 Å². The van der Waals surface area contributed by atoms with Crippen LogP contribution in [0.15, 0.2) is 73.3 Å². The maximum absolute atomic E-state index is 6.74. The first-order valence-electron chi connectivity index (χ1n) is 7.12. The molecule has 2 aromatic carbocycles. The lowest BCUT2D eigenvalue weighted by atomic mass is 9.97. The van der Waals surface area contributed by atoms with Gasteiger partial charge in [-0.2, -0.15) is 5.10 Å². The number of nitrogens with zero attached hydrogens (tertiary/aromatic N) is 3. The average molecular weight is 310 g/mol. The van der Waals surface area contributed by atoms with E-state index in [1.54, 1.807) is 6.33 Å². The summed E-state index contributed by atoms with van der Waals surface area (Å²) in [5.74, 6) is 0. The smallest absolute Gasteiger partial charge is 0.137 e. The van der Waals surface area contributed by atoms with Crippen molar-refractivity contribution in [3.05, 3.63) is 84.4 Å². The van der Waals surface area contributed by atoms with Crippen molar-refractivity contribution in [2.75, 3.05) is 0 Å². The summed E-state index contributed by atoms with van der Waals surface area (Å²) in [6.07, 6.45) is 3.25. The summed E-state index contributed by atoms with van der Waals surface area (Å²) in [6, 6.07) is 20.1. The molecule has 22 heavy (non-hydrogen) atoms. The number of rotatable bonds is 4. The van der Waals surface area contributed by atoms with E-state index in [2.05, 4.69) is 29.1 Å². The molecule has 0 aliphatic rings. The zero-order valence-corrected chi connectivity index (χ0v) is 13.0. The van der Waals surface area contributed by atoms with Crippen LogP contribution in [0, 0.1) is 0 Å². The van der Waals surface area contributed by atoms with Crippen molar-refractivity contribution in [2.24, 2.45) is 0 Å². The fraction of sp³-hybridized carbons (Fsp3) is 0.111. The van der Waals surface area contributed by atoms with Gasteiger partial charge in [-0.05, 0) is 18.1 Å². The Morgan fingerprint density at radius 2 is 1.55 bits per heavy atom. The third-order valence-electron chi connectivity index (χ3n) is 3.60. The van der Waals surface area contributed by atoms with Gasteiger partial charge in [0.25, 0.3) is 0 Å². The third kappa shape index (κ3) is 2.95. The highest BCUT2D eigenvalue weighted by Crippen LogP contribution is 2.36. The lowest BCUT2D eigenvalue weighted by Crippen LogP contribution is -2.09. The number of allylic oxidation sites excluding steroid dienone is 1. The summed E-state index contributed by atoms with van der Waals surface area (Å²) in [6.45, 7) is 2.07. The standard InChI is InChI=1S/C18H16ClN3/c1-14(22-13-20-12-21-22)17(15-8-4-2-5-9-15)18(19)16-10-6-3-7-11-16/h2-14H,1H3. The molecule has 3 aromatic rings. The van der Waals surface area contributed by atoms with Gasteiger partial charge < -0.3 is 0 Å². The molecule has 110 valence electrons. The van der Waals surface area contributed by atoms with Crippen LogP contribution in [0.2, 0.25) is 0 Å². The molecule has 0 aliphatic carbocycles. The molecule has 1 atom stereocenters. The van der Waals surface area contributed by atoms with Crippen molar-refractivity contribution >= 4 is 22.2 Å². The molecule has 1 aromatic heterocycles. The van der Waals surface area contributed by atoms with E-state index in [9.17, 15) is 0 Å². The van der Waals surface area contributed by atoms with E-state index in [0.29, 0.717) is 0 Å². The lowest BCUT2D eigenvalue weighted by Gasteiger charge is -2.19. The number of halogens is 1. The largest absolute Gasteiger partial charge is 0.246 e. The Morgan fingerprint density at radius 3 is 2.09 bits per heavy atom. The van der Waals surface area contributed by atoms with Crippen molar-refractivity contribution in [1.82, 2.24) is 14.8 Å². The molecule has 0 saturated heterocycles. The zero-order valence-electron chi connectivity index (χ0n) is 12.2. The molecule has 0 fully saturated rings. The molecular weight excluding hydrogens is 294 g/mol. The highest BCUT2D eigenvalue weighted by molar-refractivity contribution is 6.52. The molecule has 4 heteroatoms. The molecule has 0 bridgehead atoms. The molecule has 1 unspecified atom stereocenters. The van der Waals surface area contributed by atoms with E-state index >= 15 is 0 Å². The number of benzene rings is 2. The highest BCUT2D eigenvalue weighted by atomic mass is 35.5. The Labute approximate surface area is 134 Å². The van der Waals surface area contributed by atoms with Crippen molar-refractivity contribution in [2.45, 2.75) is 13.0 Å². The predicted molar refractivity (Wildman–Crippen MR) is 90.3 cm³/mol. The van der Waals surface area contributed by atoms with Gasteiger partial charge in [-0.1, -0.05) is 72.3 Å². The van der Waals surface area contributed by atoms with Crippen molar-refractivity contribution < 1.29 is 0 Å². The lowest BCUT2D eigenvalue weighted by molar-refractivity contribution is 0.593. The van der Waals surface area contributed by atoms with Crippen molar-refractivity contribution in [3.8, 4) is 0 Å². The molecule has 0 radical (unpaired) electrons. The Hall–Kier alpha value is -2.39. The van der Waals surface area contributed by atoms with E-state index in [0.717, 1.165) is 21.7 Å². The topological polar surface area (TPSA) is 30.7 Å². The summed E-state index contributed by atoms with van der Waals surface area (Å²) in [5, 5.41) is 4.98. The van der Waals surface area contributed by atoms with E-state index in [4.69, 9.17) is 11.6 Å². The van der Waals surface area contributed by atoms with Gasteiger partial charge in [0.2, 0.25) is 0 Å². The van der Waals surface area contributed by atoms with Gasteiger partial charge in [0.1, 0.15) is 12.7 Å². The van der Waals surface area contributed by atoms with Crippen LogP contribution in [0.3, 0.4) is 0 Å². The minimum atomic E-state index is -0.0161. The minimum Gasteiger partial charge on any atom is -0.246 e. The van der Waals surface area contributed by atoms with E-state index in [1.165, 1.54) is 6.33 Å². The Kier molecular flexibility index (Phi) is 4.35. The molecule has 0 amide bonds. The Morgan fingerprint density at radius 1 is 0.955 bits per heavy atom. The number of aromatic nitrogens is 3. The molecular formula is C18H16ClN3. The number of hydrogen-bond donors (Lipinski definition) is 0. The molecule has 0 N–H and O–H groups in total. The van der Waals surface area contributed by atoms with Crippen LogP contribution in [0.5, 0.6) is 0 Å². The van der Waals surface area contributed by atoms with Crippen molar-refractivity contribution in [3.63, 3.8) is 0 Å². The van der Waals surface area contributed by atoms with Gasteiger partial charge in [-0.15, -0.1) is 0 Å². The van der Waals surface area contributed by atoms with Crippen LogP contribution in [-0.4, -0.2) is 14.8 Å². The summed E-state index contributed by atoms with van der Waals surface area (Å²) in [4.78, 5) is 4.04. The molecule has 0 aliphatic heterocycles. The summed E-state index contributed by atoms with van der Waals surface area (Å²) in [7, 11) is 0. The summed E-state index contributed by atoms with van der Waals surface area (Å²) < 4.78 is 1.81. The summed E-state index contributed by atoms with van der Waals surface area (Å²) in [5.41, 5.74) is 3.10. The monoisotopic (exact) mass is 309 g/mol. The molecule has 3 nitrogen and oxygen atoms in total. The average Bonchev–Trinajstić information content (AvgIpc) is 3.11. The summed E-state index contributed by atoms with van der Waals surface area (Å²) >= 11 is 6.74. The van der Waals surface area contributed by atoms with Crippen molar-refractivity contribution in [1.29, 1.82) is 0 Å². The van der Waals surface area contributed by atoms with Gasteiger partial charge >= 0.3 is 0 Å². The first kappa shape index (κ1) is 14.5. The van der Waals surface area contributed by atoms with Crippen LogP contribution in [0.4, 0.5) is 0 Å². The highest BCUT2D eigenvalue weighted by Gasteiger charge is 2.18. The van der Waals surface area contributed by atoms with Crippen LogP contribution in [-0.2, 0) is 0 Å². The van der Waals surface area contributed by atoms with Gasteiger partial charge in [0, 0.05) is 5.57 Å². The minimum absolute atomic E-state index is 0.0161. The van der Waals surface area contributed by atoms with Crippen LogP contribution < -0.4 is 0 Å². The third-order valence-corrected chi connectivity index (χ3v) is 4.02. The molecule has 0 spiro atoms. The second-order valence-corrected chi connectivity index (χ2v) is 5.39. The maximum atomic E-state index is 6.74. The van der Waals surface area contributed by atoms with E-state index in [1.807, 2.05) is 53.2 Å². The van der Waals surface area contributed by atoms with Crippen LogP contribution in [0.1, 0.15) is 24.1 Å². The van der Waals surface area contributed by atoms with Gasteiger partial charge in [0.05, 0.1) is 11.1 Å². The molecule has 1 heterocycles. The fourth-order valence-corrected chi connectivity index (χ4v) is 2.85. The first-order chi connectivity index (χ1) is 10.8. The second kappa shape index (κ2) is 6.58. The quantitative estimate of drug-likeness (QED) is 0.657. The Balaban J connectivity index is 2.15. The Bertz CT molecular complexity index is 750. The van der Waals surface area contributed by atoms with Gasteiger partial charge in [-0.3, -0.25) is 0 Å². The maximum Gasteiger partial charge on any atom is 0.137 e. The van der Waals surface area contributed by atoms with Crippen LogP contribution >= 0.6 is 11.6 Å². The van der Waals surface area contributed by atoms with Gasteiger partial charge in [-0.25, -0.2) is 9.67 Å². The molecule has 3 rings (SSSR count). The second-order valence-electron chi connectivity index (χ2n) is 5.01. The molecule has 0 saturated carbocycles. The SMILES string of the molecule is CC(C(=C(Cl)c1ccccc1)c1ccccc1)n1cncn1. The normalized spacial score (nSPS) is 13.5. The number of hydrogen-bond acceptors (Lipinski definition) is 2. The first-order valence-corrected chi connectivity index (χ1v) is 7.50. The van der Waals surface area contributed by atoms with Crippen LogP contribution in [0.25, 0.3) is 10.6 Å².